The maximum atomic E-state index is 12.0. The maximum absolute atomic E-state index is 12.0. The Morgan fingerprint density at radius 3 is 2.94 bits per heavy atom. The lowest BCUT2D eigenvalue weighted by Crippen LogP contribution is -2.37. The summed E-state index contributed by atoms with van der Waals surface area (Å²) < 4.78 is 0. The molecule has 1 unspecified atom stereocenters. The number of carbonyl (C=O) groups is 1. The number of anilines is 1. The van der Waals surface area contributed by atoms with Gasteiger partial charge in [0.05, 0.1) is 16.6 Å². The van der Waals surface area contributed by atoms with E-state index in [0.717, 1.165) is 25.9 Å². The number of hydrogen-bond acceptors (Lipinski definition) is 2. The van der Waals surface area contributed by atoms with Crippen LogP contribution in [0.25, 0.3) is 0 Å². The van der Waals surface area contributed by atoms with E-state index in [2.05, 4.69) is 10.6 Å². The van der Waals surface area contributed by atoms with E-state index in [9.17, 15) is 4.79 Å². The number of amides is 1. The first-order valence-corrected chi connectivity index (χ1v) is 6.39. The Kier molecular flexibility index (Phi) is 4.26. The average Bonchev–Trinajstić information content (AvgIpc) is 2.35. The van der Waals surface area contributed by atoms with Crippen LogP contribution in [0.1, 0.15) is 12.8 Å². The Morgan fingerprint density at radius 1 is 1.41 bits per heavy atom. The van der Waals surface area contributed by atoms with Crippen molar-refractivity contribution in [3.63, 3.8) is 0 Å². The molecule has 1 aliphatic rings. The summed E-state index contributed by atoms with van der Waals surface area (Å²) in [6.07, 6.45) is 1.94. The summed E-state index contributed by atoms with van der Waals surface area (Å²) >= 11 is 11.9. The van der Waals surface area contributed by atoms with Gasteiger partial charge in [-0.25, -0.2) is 0 Å². The van der Waals surface area contributed by atoms with Crippen LogP contribution in [0, 0.1) is 5.92 Å². The SMILES string of the molecule is O=C(Nc1cc(Cl)ccc1Cl)C1CCCNC1. The summed E-state index contributed by atoms with van der Waals surface area (Å²) in [7, 11) is 0. The third kappa shape index (κ3) is 3.35. The highest BCUT2D eigenvalue weighted by Gasteiger charge is 2.21. The zero-order chi connectivity index (χ0) is 12.3. The van der Waals surface area contributed by atoms with Gasteiger partial charge in [-0.1, -0.05) is 23.2 Å². The fourth-order valence-corrected chi connectivity index (χ4v) is 2.24. The predicted molar refractivity (Wildman–Crippen MR) is 70.7 cm³/mol. The molecule has 1 amide bonds. The van der Waals surface area contributed by atoms with E-state index in [1.54, 1.807) is 18.2 Å². The Hall–Kier alpha value is -0.770. The van der Waals surface area contributed by atoms with Crippen molar-refractivity contribution in [2.75, 3.05) is 18.4 Å². The van der Waals surface area contributed by atoms with E-state index in [1.165, 1.54) is 0 Å². The number of piperidine rings is 1. The maximum Gasteiger partial charge on any atom is 0.228 e. The normalized spacial score (nSPS) is 20.0. The first-order chi connectivity index (χ1) is 8.16. The van der Waals surface area contributed by atoms with Crippen molar-refractivity contribution in [1.29, 1.82) is 0 Å². The molecular formula is C12H14Cl2N2O. The highest BCUT2D eigenvalue weighted by atomic mass is 35.5. The van der Waals surface area contributed by atoms with Crippen LogP contribution >= 0.6 is 23.2 Å². The molecule has 0 radical (unpaired) electrons. The molecule has 1 saturated heterocycles. The topological polar surface area (TPSA) is 41.1 Å². The van der Waals surface area contributed by atoms with Crippen molar-refractivity contribution in [3.8, 4) is 0 Å². The molecule has 0 aromatic heterocycles. The van der Waals surface area contributed by atoms with E-state index in [1.807, 2.05) is 0 Å². The van der Waals surface area contributed by atoms with Gasteiger partial charge in [-0.15, -0.1) is 0 Å². The molecular weight excluding hydrogens is 259 g/mol. The summed E-state index contributed by atoms with van der Waals surface area (Å²) in [5, 5.41) is 7.10. The molecule has 0 bridgehead atoms. The summed E-state index contributed by atoms with van der Waals surface area (Å²) in [4.78, 5) is 12.0. The second-order valence-corrected chi connectivity index (χ2v) is 5.00. The third-order valence-electron chi connectivity index (χ3n) is 2.85. The van der Waals surface area contributed by atoms with Gasteiger partial charge in [-0.05, 0) is 37.6 Å². The van der Waals surface area contributed by atoms with Gasteiger partial charge >= 0.3 is 0 Å². The van der Waals surface area contributed by atoms with E-state index in [0.29, 0.717) is 15.7 Å². The molecule has 1 aliphatic heterocycles. The van der Waals surface area contributed by atoms with Gasteiger partial charge in [-0.2, -0.15) is 0 Å². The molecule has 3 nitrogen and oxygen atoms in total. The van der Waals surface area contributed by atoms with Gasteiger partial charge in [-0.3, -0.25) is 4.79 Å². The van der Waals surface area contributed by atoms with Gasteiger partial charge in [0.25, 0.3) is 0 Å². The minimum atomic E-state index is 0.00127. The molecule has 0 spiro atoms. The lowest BCUT2D eigenvalue weighted by molar-refractivity contribution is -0.120. The van der Waals surface area contributed by atoms with Gasteiger partial charge in [0, 0.05) is 11.6 Å². The van der Waals surface area contributed by atoms with Crippen molar-refractivity contribution in [2.24, 2.45) is 5.92 Å². The third-order valence-corrected chi connectivity index (χ3v) is 3.42. The van der Waals surface area contributed by atoms with Gasteiger partial charge < -0.3 is 10.6 Å². The summed E-state index contributed by atoms with van der Waals surface area (Å²) in [6.45, 7) is 1.71. The zero-order valence-corrected chi connectivity index (χ0v) is 10.8. The highest BCUT2D eigenvalue weighted by molar-refractivity contribution is 6.35. The lowest BCUT2D eigenvalue weighted by atomic mass is 9.99. The van der Waals surface area contributed by atoms with Gasteiger partial charge in [0.1, 0.15) is 0 Å². The van der Waals surface area contributed by atoms with Crippen molar-refractivity contribution < 1.29 is 4.79 Å². The Bertz CT molecular complexity index is 417. The van der Waals surface area contributed by atoms with Crippen LogP contribution in [-0.4, -0.2) is 19.0 Å². The van der Waals surface area contributed by atoms with Crippen LogP contribution in [0.15, 0.2) is 18.2 Å². The predicted octanol–water partition coefficient (Wildman–Crippen LogP) is 2.93. The van der Waals surface area contributed by atoms with Crippen LogP contribution in [-0.2, 0) is 4.79 Å². The molecule has 17 heavy (non-hydrogen) atoms. The number of hydrogen-bond donors (Lipinski definition) is 2. The first-order valence-electron chi connectivity index (χ1n) is 5.63. The van der Waals surface area contributed by atoms with E-state index < -0.39 is 0 Å². The zero-order valence-electron chi connectivity index (χ0n) is 9.30. The lowest BCUT2D eigenvalue weighted by Gasteiger charge is -2.22. The van der Waals surface area contributed by atoms with Crippen molar-refractivity contribution in [3.05, 3.63) is 28.2 Å². The molecule has 0 aliphatic carbocycles. The van der Waals surface area contributed by atoms with Crippen LogP contribution in [0.3, 0.4) is 0 Å². The Labute approximate surface area is 110 Å². The van der Waals surface area contributed by atoms with Crippen molar-refractivity contribution in [1.82, 2.24) is 5.32 Å². The fraction of sp³-hybridized carbons (Fsp3) is 0.417. The molecule has 1 aromatic rings. The van der Waals surface area contributed by atoms with Crippen LogP contribution in [0.4, 0.5) is 5.69 Å². The average molecular weight is 273 g/mol. The molecule has 92 valence electrons. The second-order valence-electron chi connectivity index (χ2n) is 4.16. The molecule has 2 N–H and O–H groups in total. The number of halogens is 2. The highest BCUT2D eigenvalue weighted by Crippen LogP contribution is 2.26. The minimum Gasteiger partial charge on any atom is -0.324 e. The molecule has 1 fully saturated rings. The number of nitrogens with one attached hydrogen (secondary N) is 2. The number of rotatable bonds is 2. The molecule has 1 aromatic carbocycles. The molecule has 2 rings (SSSR count). The smallest absolute Gasteiger partial charge is 0.228 e. The van der Waals surface area contributed by atoms with Crippen LogP contribution < -0.4 is 10.6 Å². The Morgan fingerprint density at radius 2 is 2.24 bits per heavy atom. The molecule has 1 atom stereocenters. The van der Waals surface area contributed by atoms with Crippen LogP contribution in [0.2, 0.25) is 10.0 Å². The van der Waals surface area contributed by atoms with E-state index in [4.69, 9.17) is 23.2 Å². The van der Waals surface area contributed by atoms with Crippen LogP contribution in [0.5, 0.6) is 0 Å². The summed E-state index contributed by atoms with van der Waals surface area (Å²) in [6, 6.07) is 5.04. The number of carbonyl (C=O) groups excluding carboxylic acids is 1. The second kappa shape index (κ2) is 5.71. The quantitative estimate of drug-likeness (QED) is 0.869. The van der Waals surface area contributed by atoms with Crippen molar-refractivity contribution >= 4 is 34.8 Å². The first kappa shape index (κ1) is 12.7. The van der Waals surface area contributed by atoms with Gasteiger partial charge in [0.15, 0.2) is 0 Å². The minimum absolute atomic E-state index is 0.00127. The fourth-order valence-electron chi connectivity index (χ4n) is 1.90. The van der Waals surface area contributed by atoms with E-state index >= 15 is 0 Å². The Balaban J connectivity index is 2.04. The monoisotopic (exact) mass is 272 g/mol. The summed E-state index contributed by atoms with van der Waals surface area (Å²) in [5.41, 5.74) is 0.578. The van der Waals surface area contributed by atoms with Crippen molar-refractivity contribution in [2.45, 2.75) is 12.8 Å². The standard InChI is InChI=1S/C12H14Cl2N2O/c13-9-3-4-10(14)11(6-9)16-12(17)8-2-1-5-15-7-8/h3-4,6,8,15H,1-2,5,7H2,(H,16,17). The largest absolute Gasteiger partial charge is 0.324 e. The molecule has 0 saturated carbocycles. The van der Waals surface area contributed by atoms with E-state index in [-0.39, 0.29) is 11.8 Å². The number of benzene rings is 1. The summed E-state index contributed by atoms with van der Waals surface area (Å²) in [5.74, 6) is 0.0140. The van der Waals surface area contributed by atoms with Gasteiger partial charge in [0.2, 0.25) is 5.91 Å². The molecule has 1 heterocycles. The molecule has 5 heteroatoms.